The predicted octanol–water partition coefficient (Wildman–Crippen LogP) is 3.01. The van der Waals surface area contributed by atoms with Crippen molar-refractivity contribution >= 4 is 0 Å². The third kappa shape index (κ3) is 2.20. The van der Waals surface area contributed by atoms with Crippen molar-refractivity contribution in [2.45, 2.75) is 6.92 Å². The van der Waals surface area contributed by atoms with E-state index in [0.29, 0.717) is 5.89 Å². The SMILES string of the molecule is Cc1ccc(-c2ccccc2-c2n[nH]c(=O)o2)cc1. The zero-order valence-corrected chi connectivity index (χ0v) is 10.4. The lowest BCUT2D eigenvalue weighted by Gasteiger charge is -2.06. The molecule has 3 rings (SSSR count). The van der Waals surface area contributed by atoms with Gasteiger partial charge in [-0.15, -0.1) is 5.10 Å². The van der Waals surface area contributed by atoms with E-state index in [4.69, 9.17) is 4.42 Å². The molecule has 0 amide bonds. The van der Waals surface area contributed by atoms with Crippen LogP contribution in [0, 0.1) is 6.92 Å². The zero-order chi connectivity index (χ0) is 13.2. The highest BCUT2D eigenvalue weighted by Gasteiger charge is 2.11. The largest absolute Gasteiger partial charge is 0.434 e. The summed E-state index contributed by atoms with van der Waals surface area (Å²) in [5.74, 6) is -0.241. The highest BCUT2D eigenvalue weighted by Crippen LogP contribution is 2.30. The van der Waals surface area contributed by atoms with E-state index in [9.17, 15) is 4.79 Å². The second-order valence-electron chi connectivity index (χ2n) is 4.33. The fraction of sp³-hybridized carbons (Fsp3) is 0.0667. The van der Waals surface area contributed by atoms with Crippen LogP contribution >= 0.6 is 0 Å². The minimum Gasteiger partial charge on any atom is -0.388 e. The monoisotopic (exact) mass is 252 g/mol. The number of aromatic amines is 1. The molecule has 0 unspecified atom stereocenters. The van der Waals surface area contributed by atoms with Gasteiger partial charge in [-0.2, -0.15) is 0 Å². The van der Waals surface area contributed by atoms with Crippen LogP contribution in [0.1, 0.15) is 5.56 Å². The Morgan fingerprint density at radius 1 is 1.00 bits per heavy atom. The predicted molar refractivity (Wildman–Crippen MR) is 72.7 cm³/mol. The second kappa shape index (κ2) is 4.57. The van der Waals surface area contributed by atoms with Crippen LogP contribution in [0.5, 0.6) is 0 Å². The van der Waals surface area contributed by atoms with E-state index in [-0.39, 0.29) is 0 Å². The minimum absolute atomic E-state index is 0.307. The van der Waals surface area contributed by atoms with Crippen molar-refractivity contribution in [2.75, 3.05) is 0 Å². The molecule has 4 heteroatoms. The van der Waals surface area contributed by atoms with Crippen LogP contribution < -0.4 is 5.76 Å². The molecule has 0 aliphatic carbocycles. The van der Waals surface area contributed by atoms with E-state index >= 15 is 0 Å². The lowest BCUT2D eigenvalue weighted by atomic mass is 9.99. The first kappa shape index (κ1) is 11.5. The molecule has 19 heavy (non-hydrogen) atoms. The van der Waals surface area contributed by atoms with Gasteiger partial charge in [0.15, 0.2) is 0 Å². The third-order valence-electron chi connectivity index (χ3n) is 2.96. The summed E-state index contributed by atoms with van der Waals surface area (Å²) in [5, 5.41) is 6.17. The summed E-state index contributed by atoms with van der Waals surface area (Å²) in [7, 11) is 0. The van der Waals surface area contributed by atoms with Crippen LogP contribution in [0.3, 0.4) is 0 Å². The van der Waals surface area contributed by atoms with Gasteiger partial charge in [0.25, 0.3) is 0 Å². The van der Waals surface area contributed by atoms with Gasteiger partial charge in [0.1, 0.15) is 0 Å². The molecule has 4 nitrogen and oxygen atoms in total. The molecular formula is C15H12N2O2. The highest BCUT2D eigenvalue weighted by atomic mass is 16.4. The first-order valence-corrected chi connectivity index (χ1v) is 5.96. The number of aromatic nitrogens is 2. The molecule has 0 saturated carbocycles. The maximum absolute atomic E-state index is 11.1. The van der Waals surface area contributed by atoms with E-state index in [1.807, 2.05) is 55.5 Å². The Morgan fingerprint density at radius 2 is 1.68 bits per heavy atom. The third-order valence-corrected chi connectivity index (χ3v) is 2.96. The van der Waals surface area contributed by atoms with E-state index in [2.05, 4.69) is 10.2 Å². The van der Waals surface area contributed by atoms with Crippen molar-refractivity contribution in [3.05, 3.63) is 64.6 Å². The average Bonchev–Trinajstić information content (AvgIpc) is 2.86. The van der Waals surface area contributed by atoms with Gasteiger partial charge < -0.3 is 4.42 Å². The molecule has 0 fully saturated rings. The normalized spacial score (nSPS) is 10.6. The molecule has 1 aromatic heterocycles. The first-order chi connectivity index (χ1) is 9.24. The van der Waals surface area contributed by atoms with Gasteiger partial charge in [0.05, 0.1) is 0 Å². The standard InChI is InChI=1S/C15H12N2O2/c1-10-6-8-11(9-7-10)12-4-2-3-5-13(12)14-16-17-15(18)19-14/h2-9H,1H3,(H,17,18). The summed E-state index contributed by atoms with van der Waals surface area (Å²) in [6, 6.07) is 15.9. The Morgan fingerprint density at radius 3 is 2.32 bits per heavy atom. The van der Waals surface area contributed by atoms with Crippen molar-refractivity contribution in [1.29, 1.82) is 0 Å². The summed E-state index contributed by atoms with van der Waals surface area (Å²) in [6.07, 6.45) is 0. The number of nitrogens with one attached hydrogen (secondary N) is 1. The van der Waals surface area contributed by atoms with Gasteiger partial charge in [-0.05, 0) is 24.1 Å². The fourth-order valence-electron chi connectivity index (χ4n) is 2.00. The van der Waals surface area contributed by atoms with Crippen LogP contribution in [-0.2, 0) is 0 Å². The number of nitrogens with zero attached hydrogens (tertiary/aromatic N) is 1. The molecule has 0 aliphatic heterocycles. The number of hydrogen-bond acceptors (Lipinski definition) is 3. The summed E-state index contributed by atoms with van der Waals surface area (Å²) < 4.78 is 5.03. The lowest BCUT2D eigenvalue weighted by molar-refractivity contribution is 0.527. The van der Waals surface area contributed by atoms with Crippen molar-refractivity contribution in [3.63, 3.8) is 0 Å². The smallest absolute Gasteiger partial charge is 0.388 e. The van der Waals surface area contributed by atoms with Gasteiger partial charge in [0.2, 0.25) is 5.89 Å². The maximum Gasteiger partial charge on any atom is 0.434 e. The van der Waals surface area contributed by atoms with Crippen LogP contribution in [0.4, 0.5) is 0 Å². The maximum atomic E-state index is 11.1. The molecule has 0 aliphatic rings. The number of rotatable bonds is 2. The van der Waals surface area contributed by atoms with E-state index in [1.165, 1.54) is 5.56 Å². The first-order valence-electron chi connectivity index (χ1n) is 5.96. The van der Waals surface area contributed by atoms with Crippen molar-refractivity contribution in [3.8, 4) is 22.6 Å². The molecule has 0 spiro atoms. The van der Waals surface area contributed by atoms with Crippen LogP contribution in [0.15, 0.2) is 57.7 Å². The Hall–Kier alpha value is -2.62. The molecule has 94 valence electrons. The summed E-state index contributed by atoms with van der Waals surface area (Å²) in [6.45, 7) is 2.04. The zero-order valence-electron chi connectivity index (χ0n) is 10.4. The van der Waals surface area contributed by atoms with Crippen LogP contribution in [-0.4, -0.2) is 10.2 Å². The number of hydrogen-bond donors (Lipinski definition) is 1. The van der Waals surface area contributed by atoms with Crippen molar-refractivity contribution in [2.24, 2.45) is 0 Å². The average molecular weight is 252 g/mol. The Balaban J connectivity index is 2.17. The number of H-pyrrole nitrogens is 1. The Kier molecular flexibility index (Phi) is 2.76. The van der Waals surface area contributed by atoms with E-state index < -0.39 is 5.76 Å². The van der Waals surface area contributed by atoms with Gasteiger partial charge in [0, 0.05) is 5.56 Å². The molecular weight excluding hydrogens is 240 g/mol. The summed E-state index contributed by atoms with van der Waals surface area (Å²) in [5.41, 5.74) is 4.04. The molecule has 1 heterocycles. The fourth-order valence-corrected chi connectivity index (χ4v) is 2.00. The van der Waals surface area contributed by atoms with Gasteiger partial charge >= 0.3 is 5.76 Å². The van der Waals surface area contributed by atoms with Gasteiger partial charge in [-0.1, -0.05) is 48.0 Å². The lowest BCUT2D eigenvalue weighted by Crippen LogP contribution is -1.93. The Bertz CT molecular complexity index is 754. The molecule has 0 bridgehead atoms. The second-order valence-corrected chi connectivity index (χ2v) is 4.33. The summed E-state index contributed by atoms with van der Waals surface area (Å²) in [4.78, 5) is 11.1. The topological polar surface area (TPSA) is 58.9 Å². The summed E-state index contributed by atoms with van der Waals surface area (Å²) >= 11 is 0. The molecule has 0 atom stereocenters. The Labute approximate surface area is 109 Å². The van der Waals surface area contributed by atoms with E-state index in [1.54, 1.807) is 0 Å². The quantitative estimate of drug-likeness (QED) is 0.762. The van der Waals surface area contributed by atoms with Crippen LogP contribution in [0.25, 0.3) is 22.6 Å². The van der Waals surface area contributed by atoms with E-state index in [0.717, 1.165) is 16.7 Å². The minimum atomic E-state index is -0.547. The molecule has 0 saturated heterocycles. The van der Waals surface area contributed by atoms with Crippen molar-refractivity contribution < 1.29 is 4.42 Å². The molecule has 2 aromatic carbocycles. The molecule has 3 aromatic rings. The van der Waals surface area contributed by atoms with Crippen LogP contribution in [0.2, 0.25) is 0 Å². The molecule has 1 N–H and O–H groups in total. The molecule has 0 radical (unpaired) electrons. The number of benzene rings is 2. The van der Waals surface area contributed by atoms with Gasteiger partial charge in [-0.3, -0.25) is 0 Å². The number of aryl methyl sites for hydroxylation is 1. The highest BCUT2D eigenvalue weighted by molar-refractivity contribution is 5.79. The van der Waals surface area contributed by atoms with Gasteiger partial charge in [-0.25, -0.2) is 9.89 Å². The van der Waals surface area contributed by atoms with Crippen molar-refractivity contribution in [1.82, 2.24) is 10.2 Å².